The van der Waals surface area contributed by atoms with E-state index in [4.69, 9.17) is 24.3 Å². The number of phosphoric ester groups is 1. The zero-order valence-electron chi connectivity index (χ0n) is 52.2. The molecule has 78 heavy (non-hydrogen) atoms. The first kappa shape index (κ1) is 76.8. The van der Waals surface area contributed by atoms with Gasteiger partial charge in [-0.3, -0.25) is 18.6 Å². The van der Waals surface area contributed by atoms with E-state index in [9.17, 15) is 19.0 Å². The highest BCUT2D eigenvalue weighted by Crippen LogP contribution is 2.43. The van der Waals surface area contributed by atoms with E-state index < -0.39 is 26.5 Å². The fraction of sp³-hybridized carbons (Fsp3) is 0.941. The summed E-state index contributed by atoms with van der Waals surface area (Å²) in [5.41, 5.74) is 5.40. The normalized spacial score (nSPS) is 12.9. The van der Waals surface area contributed by atoms with Gasteiger partial charge in [-0.2, -0.15) is 0 Å². The molecule has 0 amide bonds. The minimum Gasteiger partial charge on any atom is -0.462 e. The van der Waals surface area contributed by atoms with Gasteiger partial charge in [0.15, 0.2) is 6.10 Å². The largest absolute Gasteiger partial charge is 0.472 e. The number of ether oxygens (including phenoxy) is 2. The number of hydrogen-bond acceptors (Lipinski definition) is 8. The Morgan fingerprint density at radius 2 is 0.628 bits per heavy atom. The molecule has 0 fully saturated rings. The molecule has 9 nitrogen and oxygen atoms in total. The van der Waals surface area contributed by atoms with Crippen LogP contribution in [0.1, 0.15) is 380 Å². The minimum absolute atomic E-state index is 0.0580. The Morgan fingerprint density at radius 3 is 0.910 bits per heavy atom. The second kappa shape index (κ2) is 64.9. The fourth-order valence-corrected chi connectivity index (χ4v) is 11.5. The lowest BCUT2D eigenvalue weighted by atomic mass is 10.0. The van der Waals surface area contributed by atoms with Gasteiger partial charge in [0.05, 0.1) is 13.2 Å². The van der Waals surface area contributed by atoms with Crippen molar-refractivity contribution in [3.63, 3.8) is 0 Å². The SMILES string of the molecule is CCCCCCCCCC/C=C\CCCCCCCCCCCCCCCCCCCCCCCCCC(=O)OC(COC(=O)CCCCCCCCCCCCCCCCCCCCCCCC)COP(=O)(O)OCCN. The number of phosphoric acid groups is 1. The van der Waals surface area contributed by atoms with Crippen LogP contribution in [0.3, 0.4) is 0 Å². The molecule has 0 saturated carbocycles. The molecule has 0 spiro atoms. The van der Waals surface area contributed by atoms with Crippen molar-refractivity contribution < 1.29 is 37.6 Å². The van der Waals surface area contributed by atoms with Crippen molar-refractivity contribution in [2.45, 2.75) is 386 Å². The molecule has 464 valence electrons. The highest BCUT2D eigenvalue weighted by molar-refractivity contribution is 7.47. The molecule has 0 aliphatic carbocycles. The maximum absolute atomic E-state index is 12.8. The smallest absolute Gasteiger partial charge is 0.462 e. The number of esters is 2. The van der Waals surface area contributed by atoms with E-state index >= 15 is 0 Å². The number of unbranched alkanes of at least 4 members (excludes halogenated alkanes) is 52. The first-order chi connectivity index (χ1) is 38.3. The van der Waals surface area contributed by atoms with Crippen LogP contribution in [0.4, 0.5) is 0 Å². The number of nitrogens with two attached hydrogens (primary N) is 1. The van der Waals surface area contributed by atoms with Gasteiger partial charge in [0, 0.05) is 19.4 Å². The highest BCUT2D eigenvalue weighted by atomic mass is 31.2. The van der Waals surface area contributed by atoms with Crippen molar-refractivity contribution in [3.8, 4) is 0 Å². The standard InChI is InChI=1S/C68H134NO8P/c1-3-5-7-9-11-13-15-17-19-21-23-25-27-28-29-30-31-32-33-34-35-36-37-38-39-41-43-45-47-49-51-53-55-57-59-61-68(71)77-66(65-76-78(72,73)75-63-62-69)64-74-67(70)60-58-56-54-52-50-48-46-44-42-40-26-24-22-20-18-16-14-12-10-8-6-4-2/h21,23,66H,3-20,22,24-65,69H2,1-2H3,(H,72,73)/b23-21-. The average Bonchev–Trinajstić information content (AvgIpc) is 3.43. The van der Waals surface area contributed by atoms with Crippen molar-refractivity contribution in [2.24, 2.45) is 5.73 Å². The molecule has 0 bridgehead atoms. The quantitative estimate of drug-likeness (QED) is 0.0264. The molecule has 0 aliphatic heterocycles. The molecule has 0 aromatic carbocycles. The third kappa shape index (κ3) is 63.9. The summed E-state index contributed by atoms with van der Waals surface area (Å²) in [4.78, 5) is 35.3. The van der Waals surface area contributed by atoms with Gasteiger partial charge in [-0.1, -0.05) is 341 Å². The maximum Gasteiger partial charge on any atom is 0.472 e. The average molecular weight is 1120 g/mol. The molecule has 0 heterocycles. The van der Waals surface area contributed by atoms with Crippen LogP contribution in [0.25, 0.3) is 0 Å². The van der Waals surface area contributed by atoms with Crippen molar-refractivity contribution >= 4 is 19.8 Å². The van der Waals surface area contributed by atoms with E-state index in [2.05, 4.69) is 26.0 Å². The van der Waals surface area contributed by atoms with Crippen LogP contribution >= 0.6 is 7.82 Å². The molecule has 2 atom stereocenters. The lowest BCUT2D eigenvalue weighted by molar-refractivity contribution is -0.161. The van der Waals surface area contributed by atoms with Crippen LogP contribution in [0, 0.1) is 0 Å². The van der Waals surface area contributed by atoms with E-state index in [0.717, 1.165) is 32.1 Å². The molecule has 0 aliphatic rings. The molecule has 0 aromatic rings. The summed E-state index contributed by atoms with van der Waals surface area (Å²) in [5, 5.41) is 0. The van der Waals surface area contributed by atoms with E-state index in [1.807, 2.05) is 0 Å². The third-order valence-corrected chi connectivity index (χ3v) is 16.9. The summed E-state index contributed by atoms with van der Waals surface area (Å²) in [5.74, 6) is -0.800. The minimum atomic E-state index is -4.39. The maximum atomic E-state index is 12.8. The van der Waals surface area contributed by atoms with Crippen LogP contribution in [0.15, 0.2) is 12.2 Å². The Labute approximate surface area is 485 Å². The predicted octanol–water partition coefficient (Wildman–Crippen LogP) is 22.4. The Balaban J connectivity index is 3.78. The third-order valence-electron chi connectivity index (χ3n) is 15.9. The van der Waals surface area contributed by atoms with Gasteiger partial charge < -0.3 is 20.1 Å². The zero-order chi connectivity index (χ0) is 56.6. The number of carbonyl (C=O) groups is 2. The number of hydrogen-bond donors (Lipinski definition) is 2. The van der Waals surface area contributed by atoms with Gasteiger partial charge in [0.1, 0.15) is 6.61 Å². The van der Waals surface area contributed by atoms with Gasteiger partial charge in [0.2, 0.25) is 0 Å². The molecule has 2 unspecified atom stereocenters. The van der Waals surface area contributed by atoms with Crippen LogP contribution in [0.2, 0.25) is 0 Å². The second-order valence-electron chi connectivity index (χ2n) is 23.8. The molecule has 0 radical (unpaired) electrons. The van der Waals surface area contributed by atoms with E-state index in [-0.39, 0.29) is 38.6 Å². The number of allylic oxidation sites excluding steroid dienone is 2. The lowest BCUT2D eigenvalue weighted by Crippen LogP contribution is -2.29. The molecular weight excluding hydrogens is 990 g/mol. The molecule has 3 N–H and O–H groups in total. The van der Waals surface area contributed by atoms with Crippen LogP contribution in [0.5, 0.6) is 0 Å². The zero-order valence-corrected chi connectivity index (χ0v) is 53.1. The van der Waals surface area contributed by atoms with Crippen molar-refractivity contribution in [1.82, 2.24) is 0 Å². The molecular formula is C68H134NO8P. The van der Waals surface area contributed by atoms with Gasteiger partial charge in [-0.15, -0.1) is 0 Å². The summed E-state index contributed by atoms with van der Waals surface area (Å²) in [7, 11) is -4.39. The molecule has 0 aromatic heterocycles. The Morgan fingerprint density at radius 1 is 0.372 bits per heavy atom. The van der Waals surface area contributed by atoms with E-state index in [0.29, 0.717) is 6.42 Å². The lowest BCUT2D eigenvalue weighted by Gasteiger charge is -2.19. The topological polar surface area (TPSA) is 134 Å². The van der Waals surface area contributed by atoms with Crippen LogP contribution in [-0.4, -0.2) is 49.3 Å². The monoisotopic (exact) mass is 1120 g/mol. The van der Waals surface area contributed by atoms with Crippen LogP contribution in [-0.2, 0) is 32.7 Å². The van der Waals surface area contributed by atoms with Crippen molar-refractivity contribution in [3.05, 3.63) is 12.2 Å². The van der Waals surface area contributed by atoms with E-state index in [1.54, 1.807) is 0 Å². The van der Waals surface area contributed by atoms with Crippen molar-refractivity contribution in [2.75, 3.05) is 26.4 Å². The summed E-state index contributed by atoms with van der Waals surface area (Å²) >= 11 is 0. The second-order valence-corrected chi connectivity index (χ2v) is 25.2. The van der Waals surface area contributed by atoms with Gasteiger partial charge in [-0.25, -0.2) is 4.57 Å². The molecule has 0 rings (SSSR count). The Kier molecular flexibility index (Phi) is 63.9. The van der Waals surface area contributed by atoms with E-state index in [1.165, 1.54) is 315 Å². The molecule has 0 saturated heterocycles. The fourth-order valence-electron chi connectivity index (χ4n) is 10.8. The summed E-state index contributed by atoms with van der Waals surface area (Å²) in [6.07, 6.45) is 77.5. The van der Waals surface area contributed by atoms with Crippen LogP contribution < -0.4 is 5.73 Å². The van der Waals surface area contributed by atoms with Crippen molar-refractivity contribution in [1.29, 1.82) is 0 Å². The first-order valence-corrected chi connectivity index (χ1v) is 36.2. The Bertz CT molecular complexity index is 1280. The highest BCUT2D eigenvalue weighted by Gasteiger charge is 2.26. The number of carbonyl (C=O) groups excluding carboxylic acids is 2. The van der Waals surface area contributed by atoms with Gasteiger partial charge in [-0.05, 0) is 38.5 Å². The summed E-state index contributed by atoms with van der Waals surface area (Å²) in [6, 6.07) is 0. The predicted molar refractivity (Wildman–Crippen MR) is 335 cm³/mol. The summed E-state index contributed by atoms with van der Waals surface area (Å²) < 4.78 is 33.2. The number of rotatable bonds is 67. The van der Waals surface area contributed by atoms with Gasteiger partial charge >= 0.3 is 19.8 Å². The van der Waals surface area contributed by atoms with Gasteiger partial charge in [0.25, 0.3) is 0 Å². The summed E-state index contributed by atoms with van der Waals surface area (Å²) in [6.45, 7) is 3.83. The first-order valence-electron chi connectivity index (χ1n) is 34.7. The molecule has 10 heteroatoms. The Hall–Kier alpha value is -1.25.